The number of benzene rings is 1. The SMILES string of the molecule is CC(CC(N)Cc1cc(F)ccc1Br)CC(C)(C)C. The summed E-state index contributed by atoms with van der Waals surface area (Å²) in [5.74, 6) is 0.385. The summed E-state index contributed by atoms with van der Waals surface area (Å²) in [7, 11) is 0. The summed E-state index contributed by atoms with van der Waals surface area (Å²) in [6, 6.07) is 4.85. The van der Waals surface area contributed by atoms with E-state index >= 15 is 0 Å². The second-order valence-electron chi connectivity index (χ2n) is 6.81. The Bertz CT molecular complexity index is 412. The maximum atomic E-state index is 13.2. The zero-order valence-electron chi connectivity index (χ0n) is 12.3. The van der Waals surface area contributed by atoms with Crippen molar-refractivity contribution in [2.24, 2.45) is 17.1 Å². The largest absolute Gasteiger partial charge is 0.327 e. The van der Waals surface area contributed by atoms with Gasteiger partial charge in [0.2, 0.25) is 0 Å². The van der Waals surface area contributed by atoms with Crippen LogP contribution in [0.3, 0.4) is 0 Å². The zero-order chi connectivity index (χ0) is 14.6. The minimum absolute atomic E-state index is 0.0791. The van der Waals surface area contributed by atoms with Crippen molar-refractivity contribution >= 4 is 15.9 Å². The lowest BCUT2D eigenvalue weighted by atomic mass is 9.82. The Morgan fingerprint density at radius 2 is 1.95 bits per heavy atom. The Balaban J connectivity index is 2.55. The van der Waals surface area contributed by atoms with E-state index in [1.807, 2.05) is 0 Å². The summed E-state index contributed by atoms with van der Waals surface area (Å²) in [6.45, 7) is 8.99. The predicted octanol–water partition coefficient (Wildman–Crippen LogP) is 4.92. The molecule has 2 unspecified atom stereocenters. The van der Waals surface area contributed by atoms with Crippen molar-refractivity contribution in [1.82, 2.24) is 0 Å². The Hall–Kier alpha value is -0.410. The third kappa shape index (κ3) is 6.53. The lowest BCUT2D eigenvalue weighted by molar-refractivity contribution is 0.285. The molecule has 0 saturated carbocycles. The van der Waals surface area contributed by atoms with E-state index in [1.54, 1.807) is 12.1 Å². The summed E-state index contributed by atoms with van der Waals surface area (Å²) < 4.78 is 14.2. The van der Waals surface area contributed by atoms with Crippen LogP contribution >= 0.6 is 15.9 Å². The van der Waals surface area contributed by atoms with Crippen molar-refractivity contribution in [3.8, 4) is 0 Å². The van der Waals surface area contributed by atoms with E-state index < -0.39 is 0 Å². The molecular formula is C16H25BrFN. The minimum atomic E-state index is -0.201. The molecule has 0 fully saturated rings. The number of hydrogen-bond acceptors (Lipinski definition) is 1. The normalized spacial score (nSPS) is 15.3. The third-order valence-corrected chi connectivity index (χ3v) is 3.93. The fourth-order valence-electron chi connectivity index (χ4n) is 2.71. The highest BCUT2D eigenvalue weighted by Crippen LogP contribution is 2.27. The molecule has 2 atom stereocenters. The van der Waals surface area contributed by atoms with E-state index in [9.17, 15) is 4.39 Å². The molecule has 0 radical (unpaired) electrons. The molecule has 1 aromatic rings. The van der Waals surface area contributed by atoms with Gasteiger partial charge in [-0.2, -0.15) is 0 Å². The molecule has 0 aliphatic heterocycles. The predicted molar refractivity (Wildman–Crippen MR) is 83.6 cm³/mol. The van der Waals surface area contributed by atoms with Gasteiger partial charge in [-0.15, -0.1) is 0 Å². The van der Waals surface area contributed by atoms with E-state index in [-0.39, 0.29) is 11.9 Å². The second-order valence-corrected chi connectivity index (χ2v) is 7.66. The maximum absolute atomic E-state index is 13.2. The summed E-state index contributed by atoms with van der Waals surface area (Å²) in [5, 5.41) is 0. The standard InChI is InChI=1S/C16H25BrFN/c1-11(10-16(2,3)4)7-14(19)9-12-8-13(18)5-6-15(12)17/h5-6,8,11,14H,7,9-10,19H2,1-4H3. The fraction of sp³-hybridized carbons (Fsp3) is 0.625. The Labute approximate surface area is 124 Å². The fourth-order valence-corrected chi connectivity index (χ4v) is 3.12. The van der Waals surface area contributed by atoms with Gasteiger partial charge < -0.3 is 5.73 Å². The van der Waals surface area contributed by atoms with Crippen LogP contribution < -0.4 is 5.73 Å². The molecule has 0 saturated heterocycles. The topological polar surface area (TPSA) is 26.0 Å². The van der Waals surface area contributed by atoms with Crippen LogP contribution in [-0.4, -0.2) is 6.04 Å². The first-order chi connectivity index (χ1) is 8.67. The van der Waals surface area contributed by atoms with Gasteiger partial charge in [0.05, 0.1) is 0 Å². The van der Waals surface area contributed by atoms with Crippen LogP contribution in [0, 0.1) is 17.2 Å². The third-order valence-electron chi connectivity index (χ3n) is 3.16. The first-order valence-corrected chi connectivity index (χ1v) is 7.66. The van der Waals surface area contributed by atoms with E-state index in [4.69, 9.17) is 5.73 Å². The van der Waals surface area contributed by atoms with E-state index in [0.29, 0.717) is 17.8 Å². The molecule has 3 heteroatoms. The highest BCUT2D eigenvalue weighted by molar-refractivity contribution is 9.10. The molecule has 0 aliphatic carbocycles. The van der Waals surface area contributed by atoms with Gasteiger partial charge in [-0.1, -0.05) is 43.6 Å². The van der Waals surface area contributed by atoms with Gasteiger partial charge in [0.15, 0.2) is 0 Å². The highest BCUT2D eigenvalue weighted by Gasteiger charge is 2.18. The summed E-state index contributed by atoms with van der Waals surface area (Å²) in [4.78, 5) is 0. The van der Waals surface area contributed by atoms with Crippen molar-refractivity contribution in [2.75, 3.05) is 0 Å². The van der Waals surface area contributed by atoms with Gasteiger partial charge in [-0.05, 0) is 54.4 Å². The van der Waals surface area contributed by atoms with Gasteiger partial charge in [0, 0.05) is 10.5 Å². The van der Waals surface area contributed by atoms with Crippen LogP contribution in [0.15, 0.2) is 22.7 Å². The van der Waals surface area contributed by atoms with Gasteiger partial charge in [-0.25, -0.2) is 4.39 Å². The molecule has 1 nitrogen and oxygen atoms in total. The molecule has 0 aromatic heterocycles. The Morgan fingerprint density at radius 1 is 1.32 bits per heavy atom. The molecule has 0 spiro atoms. The molecule has 2 N–H and O–H groups in total. The summed E-state index contributed by atoms with van der Waals surface area (Å²) in [6.07, 6.45) is 2.85. The van der Waals surface area contributed by atoms with E-state index in [0.717, 1.165) is 22.9 Å². The summed E-state index contributed by atoms with van der Waals surface area (Å²) >= 11 is 3.45. The molecule has 0 aliphatic rings. The molecule has 19 heavy (non-hydrogen) atoms. The maximum Gasteiger partial charge on any atom is 0.123 e. The van der Waals surface area contributed by atoms with Crippen LogP contribution in [0.4, 0.5) is 4.39 Å². The second kappa shape index (κ2) is 6.85. The average Bonchev–Trinajstić information content (AvgIpc) is 2.20. The van der Waals surface area contributed by atoms with Crippen molar-refractivity contribution < 1.29 is 4.39 Å². The molecule has 0 amide bonds. The van der Waals surface area contributed by atoms with Gasteiger partial charge in [0.1, 0.15) is 5.82 Å². The molecule has 108 valence electrons. The lowest BCUT2D eigenvalue weighted by Gasteiger charge is -2.25. The molecular weight excluding hydrogens is 305 g/mol. The molecule has 0 bridgehead atoms. The Morgan fingerprint density at radius 3 is 2.53 bits per heavy atom. The van der Waals surface area contributed by atoms with E-state index in [2.05, 4.69) is 43.6 Å². The van der Waals surface area contributed by atoms with Crippen molar-refractivity contribution in [2.45, 2.75) is 53.0 Å². The number of hydrogen-bond donors (Lipinski definition) is 1. The molecule has 0 heterocycles. The first-order valence-electron chi connectivity index (χ1n) is 6.87. The van der Waals surface area contributed by atoms with Crippen LogP contribution in [0.25, 0.3) is 0 Å². The minimum Gasteiger partial charge on any atom is -0.327 e. The van der Waals surface area contributed by atoms with E-state index in [1.165, 1.54) is 6.07 Å². The average molecular weight is 330 g/mol. The smallest absolute Gasteiger partial charge is 0.123 e. The van der Waals surface area contributed by atoms with Gasteiger partial charge in [0.25, 0.3) is 0 Å². The van der Waals surface area contributed by atoms with Crippen molar-refractivity contribution in [3.05, 3.63) is 34.1 Å². The Kier molecular flexibility index (Phi) is 6.00. The van der Waals surface area contributed by atoms with Crippen LogP contribution in [0.1, 0.15) is 46.1 Å². The molecule has 1 rings (SSSR count). The van der Waals surface area contributed by atoms with Gasteiger partial charge >= 0.3 is 0 Å². The van der Waals surface area contributed by atoms with Crippen LogP contribution in [0.2, 0.25) is 0 Å². The monoisotopic (exact) mass is 329 g/mol. The first kappa shape index (κ1) is 16.6. The van der Waals surface area contributed by atoms with Gasteiger partial charge in [-0.3, -0.25) is 0 Å². The summed E-state index contributed by atoms with van der Waals surface area (Å²) in [5.41, 5.74) is 7.49. The van der Waals surface area contributed by atoms with Crippen molar-refractivity contribution in [3.63, 3.8) is 0 Å². The highest BCUT2D eigenvalue weighted by atomic mass is 79.9. The van der Waals surface area contributed by atoms with Crippen LogP contribution in [-0.2, 0) is 6.42 Å². The quantitative estimate of drug-likeness (QED) is 0.815. The number of nitrogens with two attached hydrogens (primary N) is 1. The zero-order valence-corrected chi connectivity index (χ0v) is 13.9. The van der Waals surface area contributed by atoms with Crippen LogP contribution in [0.5, 0.6) is 0 Å². The number of halogens is 2. The van der Waals surface area contributed by atoms with Crippen molar-refractivity contribution in [1.29, 1.82) is 0 Å². The number of rotatable bonds is 5. The molecule has 1 aromatic carbocycles. The lowest BCUT2D eigenvalue weighted by Crippen LogP contribution is -2.27.